The van der Waals surface area contributed by atoms with Gasteiger partial charge in [0.2, 0.25) is 0 Å². The number of carbonyl (C=O) groups excluding carboxylic acids is 1. The zero-order valence-electron chi connectivity index (χ0n) is 15.7. The third kappa shape index (κ3) is 7.71. The van der Waals surface area contributed by atoms with Gasteiger partial charge in [0.15, 0.2) is 0 Å². The average Bonchev–Trinajstić information content (AvgIpc) is 3.07. The average molecular weight is 367 g/mol. The van der Waals surface area contributed by atoms with Crippen molar-refractivity contribution >= 4 is 12.5 Å². The quantitative estimate of drug-likeness (QED) is 0.557. The van der Waals surface area contributed by atoms with Crippen molar-refractivity contribution in [2.45, 2.75) is 19.0 Å². The van der Waals surface area contributed by atoms with Crippen LogP contribution in [0.1, 0.15) is 12.0 Å². The highest BCUT2D eigenvalue weighted by Crippen LogP contribution is 2.14. The number of hydrogen-bond acceptors (Lipinski definition) is 5. The van der Waals surface area contributed by atoms with Crippen molar-refractivity contribution in [1.82, 2.24) is 15.1 Å². The van der Waals surface area contributed by atoms with Crippen LogP contribution in [-0.2, 0) is 16.1 Å². The second kappa shape index (κ2) is 12.1. The third-order valence-corrected chi connectivity index (χ3v) is 4.16. The fourth-order valence-electron chi connectivity index (χ4n) is 2.64. The van der Waals surface area contributed by atoms with Gasteiger partial charge in [0.25, 0.3) is 6.47 Å². The van der Waals surface area contributed by atoms with Crippen LogP contribution in [0.4, 0.5) is 4.79 Å². The predicted octanol–water partition coefficient (Wildman–Crippen LogP) is 1.26. The molecule has 0 radical (unpaired) electrons. The summed E-state index contributed by atoms with van der Waals surface area (Å²) in [5, 5.41) is 9.86. The minimum absolute atomic E-state index is 0.0225. The first-order chi connectivity index (χ1) is 12.5. The van der Waals surface area contributed by atoms with Gasteiger partial charge in [-0.15, -0.1) is 0 Å². The van der Waals surface area contributed by atoms with Crippen molar-refractivity contribution in [3.8, 4) is 5.75 Å². The molecule has 0 aromatic heterocycles. The normalized spacial score (nSPS) is 16.3. The van der Waals surface area contributed by atoms with E-state index < -0.39 is 0 Å². The van der Waals surface area contributed by atoms with Gasteiger partial charge in [-0.05, 0) is 37.7 Å². The maximum absolute atomic E-state index is 12.2. The fraction of sp³-hybridized carbons (Fsp3) is 0.556. The van der Waals surface area contributed by atoms with Crippen LogP contribution in [0.25, 0.3) is 0 Å². The number of benzene rings is 1. The lowest BCUT2D eigenvalue weighted by Crippen LogP contribution is -2.44. The van der Waals surface area contributed by atoms with E-state index in [0.717, 1.165) is 30.8 Å². The van der Waals surface area contributed by atoms with Gasteiger partial charge in [-0.25, -0.2) is 4.79 Å². The zero-order chi connectivity index (χ0) is 19.4. The van der Waals surface area contributed by atoms with Crippen molar-refractivity contribution in [2.24, 2.45) is 0 Å². The van der Waals surface area contributed by atoms with Crippen molar-refractivity contribution < 1.29 is 24.2 Å². The van der Waals surface area contributed by atoms with Crippen LogP contribution in [0, 0.1) is 0 Å². The van der Waals surface area contributed by atoms with Gasteiger partial charge in [-0.3, -0.25) is 4.79 Å². The van der Waals surface area contributed by atoms with E-state index in [2.05, 4.69) is 17.3 Å². The summed E-state index contributed by atoms with van der Waals surface area (Å²) in [5.41, 5.74) is 1.05. The molecule has 26 heavy (non-hydrogen) atoms. The summed E-state index contributed by atoms with van der Waals surface area (Å²) in [6, 6.07) is 8.03. The molecule has 0 saturated carbocycles. The first kappa shape index (κ1) is 21.7. The Hall–Kier alpha value is -2.32. The number of likely N-dealkylation sites (N-methyl/N-ethyl adjacent to an activating group) is 2. The van der Waals surface area contributed by atoms with E-state index >= 15 is 0 Å². The second-order valence-electron chi connectivity index (χ2n) is 6.06. The maximum Gasteiger partial charge on any atom is 0.317 e. The van der Waals surface area contributed by atoms with Crippen LogP contribution >= 0.6 is 0 Å². The number of carbonyl (C=O) groups is 2. The number of likely N-dealkylation sites (tertiary alicyclic amines) is 1. The Labute approximate surface area is 154 Å². The molecule has 1 aliphatic rings. The lowest BCUT2D eigenvalue weighted by atomic mass is 10.2. The Morgan fingerprint density at radius 3 is 2.58 bits per heavy atom. The van der Waals surface area contributed by atoms with E-state index in [4.69, 9.17) is 19.4 Å². The number of carboxylic acid groups (broad SMARTS) is 1. The van der Waals surface area contributed by atoms with Crippen LogP contribution in [0.3, 0.4) is 0 Å². The van der Waals surface area contributed by atoms with E-state index in [1.165, 1.54) is 0 Å². The van der Waals surface area contributed by atoms with E-state index in [-0.39, 0.29) is 12.5 Å². The van der Waals surface area contributed by atoms with Crippen LogP contribution in [0.15, 0.2) is 24.3 Å². The SMILES string of the molecule is COCCOc1ccc(CNC(=O)N(C)C2CCN(C)C2)cc1.O=CO. The molecule has 2 rings (SSSR count). The van der Waals surface area contributed by atoms with E-state index in [0.29, 0.717) is 25.8 Å². The third-order valence-electron chi connectivity index (χ3n) is 4.16. The largest absolute Gasteiger partial charge is 0.491 e. The number of hydrogen-bond donors (Lipinski definition) is 2. The standard InChI is InChI=1S/C17H27N3O3.CH2O2/c1-19-9-8-15(13-19)20(2)17(21)18-12-14-4-6-16(7-5-14)23-11-10-22-3;2-1-3/h4-7,15H,8-13H2,1-3H3,(H,18,21);1H,(H,2,3). The fourth-order valence-corrected chi connectivity index (χ4v) is 2.64. The highest BCUT2D eigenvalue weighted by atomic mass is 16.5. The Morgan fingerprint density at radius 2 is 2.04 bits per heavy atom. The highest BCUT2D eigenvalue weighted by molar-refractivity contribution is 5.74. The summed E-state index contributed by atoms with van der Waals surface area (Å²) >= 11 is 0. The van der Waals surface area contributed by atoms with Crippen molar-refractivity contribution in [3.05, 3.63) is 29.8 Å². The molecule has 1 saturated heterocycles. The summed E-state index contributed by atoms with van der Waals surface area (Å²) in [5.74, 6) is 0.809. The van der Waals surface area contributed by atoms with Gasteiger partial charge in [0, 0.05) is 33.3 Å². The molecule has 1 unspecified atom stereocenters. The molecule has 0 spiro atoms. The Morgan fingerprint density at radius 1 is 1.38 bits per heavy atom. The monoisotopic (exact) mass is 367 g/mol. The Bertz CT molecular complexity index is 538. The molecule has 1 atom stereocenters. The van der Waals surface area contributed by atoms with E-state index in [1.807, 2.05) is 36.2 Å². The Kier molecular flexibility index (Phi) is 10.1. The number of amides is 2. The van der Waals surface area contributed by atoms with Crippen molar-refractivity contribution in [1.29, 1.82) is 0 Å². The van der Waals surface area contributed by atoms with E-state index in [1.54, 1.807) is 7.11 Å². The van der Waals surface area contributed by atoms with Crippen molar-refractivity contribution in [3.63, 3.8) is 0 Å². The molecule has 8 nitrogen and oxygen atoms in total. The molecule has 8 heteroatoms. The van der Waals surface area contributed by atoms with Gasteiger partial charge in [-0.1, -0.05) is 12.1 Å². The number of urea groups is 1. The minimum Gasteiger partial charge on any atom is -0.491 e. The van der Waals surface area contributed by atoms with E-state index in [9.17, 15) is 4.79 Å². The number of ether oxygens (including phenoxy) is 2. The lowest BCUT2D eigenvalue weighted by Gasteiger charge is -2.24. The zero-order valence-corrected chi connectivity index (χ0v) is 15.7. The first-order valence-electron chi connectivity index (χ1n) is 8.49. The van der Waals surface area contributed by atoms with Gasteiger partial charge in [-0.2, -0.15) is 0 Å². The molecular formula is C18H29N3O5. The van der Waals surface area contributed by atoms with Gasteiger partial charge in [0.1, 0.15) is 12.4 Å². The summed E-state index contributed by atoms with van der Waals surface area (Å²) in [4.78, 5) is 24.6. The van der Waals surface area contributed by atoms with Crippen LogP contribution < -0.4 is 10.1 Å². The molecule has 1 aromatic rings. The molecule has 2 N–H and O–H groups in total. The number of rotatable bonds is 7. The van der Waals surface area contributed by atoms with Crippen LogP contribution in [-0.4, -0.2) is 81.0 Å². The van der Waals surface area contributed by atoms with Crippen LogP contribution in [0.5, 0.6) is 5.75 Å². The molecule has 1 heterocycles. The number of methoxy groups -OCH3 is 1. The van der Waals surface area contributed by atoms with Crippen molar-refractivity contribution in [2.75, 3.05) is 47.5 Å². The highest BCUT2D eigenvalue weighted by Gasteiger charge is 2.26. The van der Waals surface area contributed by atoms with Gasteiger partial charge < -0.3 is 29.7 Å². The second-order valence-corrected chi connectivity index (χ2v) is 6.06. The maximum atomic E-state index is 12.2. The molecule has 1 aromatic carbocycles. The minimum atomic E-state index is -0.250. The summed E-state index contributed by atoms with van der Waals surface area (Å²) in [6.45, 7) is 3.36. The van der Waals surface area contributed by atoms with Gasteiger partial charge in [0.05, 0.1) is 6.61 Å². The number of nitrogens with one attached hydrogen (secondary N) is 1. The van der Waals surface area contributed by atoms with Crippen LogP contribution in [0.2, 0.25) is 0 Å². The predicted molar refractivity (Wildman–Crippen MR) is 98.4 cm³/mol. The Balaban J connectivity index is 0.00000105. The topological polar surface area (TPSA) is 91.3 Å². The first-order valence-corrected chi connectivity index (χ1v) is 8.49. The summed E-state index contributed by atoms with van der Waals surface area (Å²) in [6.07, 6.45) is 1.04. The number of nitrogens with zero attached hydrogens (tertiary/aromatic N) is 2. The molecule has 146 valence electrons. The molecule has 1 fully saturated rings. The smallest absolute Gasteiger partial charge is 0.317 e. The molecule has 0 aliphatic carbocycles. The molecule has 1 aliphatic heterocycles. The van der Waals surface area contributed by atoms with Gasteiger partial charge >= 0.3 is 6.03 Å². The lowest BCUT2D eigenvalue weighted by molar-refractivity contribution is -0.122. The molecule has 0 bridgehead atoms. The molecule has 2 amide bonds. The molecular weight excluding hydrogens is 338 g/mol. The summed E-state index contributed by atoms with van der Waals surface area (Å²) < 4.78 is 10.5. The summed E-state index contributed by atoms with van der Waals surface area (Å²) in [7, 11) is 5.60.